The van der Waals surface area contributed by atoms with Gasteiger partial charge in [0.15, 0.2) is 0 Å². The van der Waals surface area contributed by atoms with Crippen LogP contribution in [0.15, 0.2) is 46.3 Å². The normalized spacial score (nSPS) is 11.1. The molecule has 0 bridgehead atoms. The largest absolute Gasteiger partial charge is 0.395 e. The summed E-state index contributed by atoms with van der Waals surface area (Å²) in [6.45, 7) is 2.81. The first-order valence-electron chi connectivity index (χ1n) is 6.39. The molecule has 1 N–H and O–H groups in total. The summed E-state index contributed by atoms with van der Waals surface area (Å²) < 4.78 is 1.16. The van der Waals surface area contributed by atoms with E-state index in [4.69, 9.17) is 5.11 Å². The number of nitrogens with zero attached hydrogens (tertiary/aromatic N) is 1. The molecule has 0 aliphatic rings. The maximum absolute atomic E-state index is 9.17. The molecule has 0 aliphatic heterocycles. The molecule has 0 unspecified atom stereocenters. The van der Waals surface area contributed by atoms with Gasteiger partial charge in [-0.15, -0.1) is 11.3 Å². The van der Waals surface area contributed by atoms with Crippen LogP contribution in [0.5, 0.6) is 0 Å². The molecule has 0 radical (unpaired) electrons. The Hall–Kier alpha value is -0.680. The van der Waals surface area contributed by atoms with Crippen molar-refractivity contribution >= 4 is 27.3 Å². The number of hydrogen-bond acceptors (Lipinski definition) is 3. The summed E-state index contributed by atoms with van der Waals surface area (Å²) in [5.41, 5.74) is 1.35. The Morgan fingerprint density at radius 2 is 1.84 bits per heavy atom. The number of thiophene rings is 1. The van der Waals surface area contributed by atoms with Crippen molar-refractivity contribution in [1.29, 1.82) is 0 Å². The number of rotatable bonds is 7. The lowest BCUT2D eigenvalue weighted by Crippen LogP contribution is -2.28. The monoisotopic (exact) mass is 339 g/mol. The molecule has 0 fully saturated rings. The molecule has 102 valence electrons. The zero-order valence-electron chi connectivity index (χ0n) is 10.8. The zero-order valence-corrected chi connectivity index (χ0v) is 13.2. The molecule has 0 spiro atoms. The van der Waals surface area contributed by atoms with Crippen molar-refractivity contribution in [1.82, 2.24) is 4.90 Å². The van der Waals surface area contributed by atoms with Gasteiger partial charge in [-0.05, 0) is 40.0 Å². The highest BCUT2D eigenvalue weighted by atomic mass is 79.9. The van der Waals surface area contributed by atoms with Crippen molar-refractivity contribution in [2.45, 2.75) is 13.0 Å². The smallest absolute Gasteiger partial charge is 0.0701 e. The van der Waals surface area contributed by atoms with Gasteiger partial charge in [0.1, 0.15) is 0 Å². The van der Waals surface area contributed by atoms with Gasteiger partial charge in [0.05, 0.1) is 10.4 Å². The molecular weight excluding hydrogens is 322 g/mol. The highest BCUT2D eigenvalue weighted by molar-refractivity contribution is 9.11. The highest BCUT2D eigenvalue weighted by Gasteiger charge is 2.07. The lowest BCUT2D eigenvalue weighted by atomic mass is 10.1. The standard InChI is InChI=1S/C15H18BrNOS/c16-15-7-6-14(19-15)12-17(10-11-18)9-8-13-4-2-1-3-5-13/h1-7,18H,8-12H2. The van der Waals surface area contributed by atoms with E-state index in [0.29, 0.717) is 0 Å². The van der Waals surface area contributed by atoms with Gasteiger partial charge in [-0.3, -0.25) is 4.90 Å². The Labute approximate surface area is 126 Å². The molecule has 2 rings (SSSR count). The van der Waals surface area contributed by atoms with Gasteiger partial charge in [-0.1, -0.05) is 30.3 Å². The Kier molecular flexibility index (Phi) is 6.04. The van der Waals surface area contributed by atoms with Crippen molar-refractivity contribution in [3.8, 4) is 0 Å². The Balaban J connectivity index is 1.89. The van der Waals surface area contributed by atoms with E-state index in [9.17, 15) is 0 Å². The molecule has 0 atom stereocenters. The third kappa shape index (κ3) is 5.07. The molecule has 1 heterocycles. The zero-order chi connectivity index (χ0) is 13.5. The topological polar surface area (TPSA) is 23.5 Å². The van der Waals surface area contributed by atoms with E-state index in [1.807, 2.05) is 6.07 Å². The lowest BCUT2D eigenvalue weighted by molar-refractivity contribution is 0.192. The van der Waals surface area contributed by atoms with Gasteiger partial charge >= 0.3 is 0 Å². The fourth-order valence-corrected chi connectivity index (χ4v) is 3.53. The van der Waals surface area contributed by atoms with E-state index in [1.54, 1.807) is 11.3 Å². The molecule has 1 aromatic carbocycles. The van der Waals surface area contributed by atoms with E-state index in [0.717, 1.165) is 29.8 Å². The van der Waals surface area contributed by atoms with E-state index >= 15 is 0 Å². The summed E-state index contributed by atoms with van der Waals surface area (Å²) in [7, 11) is 0. The third-order valence-corrected chi connectivity index (χ3v) is 4.59. The SMILES string of the molecule is OCCN(CCc1ccccc1)Cc1ccc(Br)s1. The Morgan fingerprint density at radius 1 is 1.05 bits per heavy atom. The molecule has 0 aliphatic carbocycles. The van der Waals surface area contributed by atoms with Crippen molar-refractivity contribution in [3.63, 3.8) is 0 Å². The quantitative estimate of drug-likeness (QED) is 0.833. The van der Waals surface area contributed by atoms with E-state index in [2.05, 4.69) is 57.2 Å². The van der Waals surface area contributed by atoms with Crippen LogP contribution in [-0.4, -0.2) is 29.7 Å². The number of aliphatic hydroxyl groups excluding tert-OH is 1. The van der Waals surface area contributed by atoms with Crippen LogP contribution in [0.2, 0.25) is 0 Å². The van der Waals surface area contributed by atoms with Crippen molar-refractivity contribution in [3.05, 3.63) is 56.7 Å². The van der Waals surface area contributed by atoms with E-state index < -0.39 is 0 Å². The van der Waals surface area contributed by atoms with Crippen LogP contribution in [0.4, 0.5) is 0 Å². The summed E-state index contributed by atoms with van der Waals surface area (Å²) in [4.78, 5) is 3.62. The predicted octanol–water partition coefficient (Wildman–Crippen LogP) is 3.55. The third-order valence-electron chi connectivity index (χ3n) is 2.98. The van der Waals surface area contributed by atoms with Gasteiger partial charge in [0, 0.05) is 24.5 Å². The maximum Gasteiger partial charge on any atom is 0.0701 e. The summed E-state index contributed by atoms with van der Waals surface area (Å²) in [5.74, 6) is 0. The molecule has 4 heteroatoms. The number of benzene rings is 1. The van der Waals surface area contributed by atoms with E-state index in [1.165, 1.54) is 10.4 Å². The van der Waals surface area contributed by atoms with Crippen molar-refractivity contribution in [2.75, 3.05) is 19.7 Å². The molecular formula is C15H18BrNOS. The van der Waals surface area contributed by atoms with Crippen LogP contribution < -0.4 is 0 Å². The Morgan fingerprint density at radius 3 is 2.47 bits per heavy atom. The van der Waals surface area contributed by atoms with Gasteiger partial charge in [-0.2, -0.15) is 0 Å². The molecule has 0 saturated carbocycles. The highest BCUT2D eigenvalue weighted by Crippen LogP contribution is 2.23. The second kappa shape index (κ2) is 7.80. The second-order valence-corrected chi connectivity index (χ2v) is 6.99. The predicted molar refractivity (Wildman–Crippen MR) is 84.5 cm³/mol. The minimum absolute atomic E-state index is 0.210. The second-order valence-electron chi connectivity index (χ2n) is 4.44. The fraction of sp³-hybridized carbons (Fsp3) is 0.333. The number of hydrogen-bond donors (Lipinski definition) is 1. The average molecular weight is 340 g/mol. The van der Waals surface area contributed by atoms with Crippen LogP contribution in [0.25, 0.3) is 0 Å². The van der Waals surface area contributed by atoms with Gasteiger partial charge in [-0.25, -0.2) is 0 Å². The maximum atomic E-state index is 9.17. The molecule has 2 nitrogen and oxygen atoms in total. The van der Waals surface area contributed by atoms with Crippen LogP contribution in [0.3, 0.4) is 0 Å². The first-order chi connectivity index (χ1) is 9.28. The molecule has 19 heavy (non-hydrogen) atoms. The van der Waals surface area contributed by atoms with Crippen molar-refractivity contribution < 1.29 is 5.11 Å². The number of halogens is 1. The fourth-order valence-electron chi connectivity index (χ4n) is 2.00. The summed E-state index contributed by atoms with van der Waals surface area (Å²) >= 11 is 5.24. The summed E-state index contributed by atoms with van der Waals surface area (Å²) in [5, 5.41) is 9.17. The molecule has 0 amide bonds. The number of aliphatic hydroxyl groups is 1. The lowest BCUT2D eigenvalue weighted by Gasteiger charge is -2.20. The minimum atomic E-state index is 0.210. The van der Waals surface area contributed by atoms with Crippen LogP contribution in [0.1, 0.15) is 10.4 Å². The van der Waals surface area contributed by atoms with Crippen LogP contribution in [0, 0.1) is 0 Å². The molecule has 0 saturated heterocycles. The molecule has 1 aromatic heterocycles. The molecule has 2 aromatic rings. The van der Waals surface area contributed by atoms with Crippen molar-refractivity contribution in [2.24, 2.45) is 0 Å². The van der Waals surface area contributed by atoms with Gasteiger partial charge < -0.3 is 5.11 Å². The first-order valence-corrected chi connectivity index (χ1v) is 8.00. The first kappa shape index (κ1) is 14.7. The van der Waals surface area contributed by atoms with Gasteiger partial charge in [0.2, 0.25) is 0 Å². The Bertz CT molecular complexity index is 486. The summed E-state index contributed by atoms with van der Waals surface area (Å²) in [6, 6.07) is 14.7. The van der Waals surface area contributed by atoms with Crippen LogP contribution in [-0.2, 0) is 13.0 Å². The van der Waals surface area contributed by atoms with Crippen LogP contribution >= 0.6 is 27.3 Å². The minimum Gasteiger partial charge on any atom is -0.395 e. The van der Waals surface area contributed by atoms with E-state index in [-0.39, 0.29) is 6.61 Å². The van der Waals surface area contributed by atoms with Gasteiger partial charge in [0.25, 0.3) is 0 Å². The summed E-state index contributed by atoms with van der Waals surface area (Å²) in [6.07, 6.45) is 1.02. The average Bonchev–Trinajstić information content (AvgIpc) is 2.83.